The Morgan fingerprint density at radius 3 is 2.17 bits per heavy atom. The van der Waals surface area contributed by atoms with E-state index < -0.39 is 82.8 Å². The van der Waals surface area contributed by atoms with E-state index in [1.807, 2.05) is 20.8 Å². The lowest BCUT2D eigenvalue weighted by Gasteiger charge is -2.56. The molecule has 0 aromatic carbocycles. The minimum absolute atomic E-state index is 0.108. The van der Waals surface area contributed by atoms with Gasteiger partial charge in [-0.05, 0) is 38.7 Å². The second-order valence-electron chi connectivity index (χ2n) is 11.1. The SMILES string of the molecule is CC(=O)O[C@@H]1[C@@H]2[C@H](C)[C@H](O)C[C@@H](OC(C)=O)[C@@]2(C)[C@H](OC(C)=O)CC/C(C)=C\[C@H]2OC(=O)[C@@]3(C)O[C@@]123. The second-order valence-corrected chi connectivity index (χ2v) is 11.1. The Bertz CT molecular complexity index is 1000. The maximum Gasteiger partial charge on any atom is 0.342 e. The summed E-state index contributed by atoms with van der Waals surface area (Å²) in [7, 11) is 0. The van der Waals surface area contributed by atoms with E-state index in [0.717, 1.165) is 5.57 Å². The molecule has 0 radical (unpaired) electrons. The Kier molecular flexibility index (Phi) is 6.53. The van der Waals surface area contributed by atoms with Crippen molar-refractivity contribution in [3.63, 3.8) is 0 Å². The van der Waals surface area contributed by atoms with Gasteiger partial charge >= 0.3 is 23.9 Å². The van der Waals surface area contributed by atoms with Gasteiger partial charge in [0.25, 0.3) is 0 Å². The summed E-state index contributed by atoms with van der Waals surface area (Å²) >= 11 is 0. The molecule has 4 aliphatic rings. The molecular weight excluding hydrogens is 472 g/mol. The van der Waals surface area contributed by atoms with Gasteiger partial charge in [0.15, 0.2) is 17.3 Å². The molecule has 1 spiro atoms. The molecule has 1 saturated carbocycles. The number of rotatable bonds is 3. The van der Waals surface area contributed by atoms with Gasteiger partial charge in [-0.25, -0.2) is 4.79 Å². The molecule has 0 aromatic heterocycles. The Balaban J connectivity index is 1.99. The highest BCUT2D eigenvalue weighted by molar-refractivity contribution is 5.89. The number of carbonyl (C=O) groups is 4. The molecular formula is C26H36O10. The molecule has 3 fully saturated rings. The predicted octanol–water partition coefficient (Wildman–Crippen LogP) is 2.00. The first-order valence-corrected chi connectivity index (χ1v) is 12.5. The zero-order valence-corrected chi connectivity index (χ0v) is 21.9. The van der Waals surface area contributed by atoms with Gasteiger partial charge in [-0.15, -0.1) is 0 Å². The van der Waals surface area contributed by atoms with Crippen LogP contribution in [0, 0.1) is 17.3 Å². The van der Waals surface area contributed by atoms with Crippen molar-refractivity contribution >= 4 is 23.9 Å². The average molecular weight is 509 g/mol. The Hall–Kier alpha value is -2.46. The molecule has 2 aliphatic carbocycles. The summed E-state index contributed by atoms with van der Waals surface area (Å²) in [4.78, 5) is 49.9. The number of esters is 4. The van der Waals surface area contributed by atoms with Gasteiger partial charge in [0.1, 0.15) is 18.3 Å². The number of allylic oxidation sites excluding steroid dienone is 1. The highest BCUT2D eigenvalue weighted by Gasteiger charge is 2.87. The van der Waals surface area contributed by atoms with Gasteiger partial charge in [-0.3, -0.25) is 14.4 Å². The molecule has 10 nitrogen and oxygen atoms in total. The number of ether oxygens (including phenoxy) is 5. The van der Waals surface area contributed by atoms with Gasteiger partial charge in [0, 0.05) is 38.5 Å². The van der Waals surface area contributed by atoms with Crippen molar-refractivity contribution in [2.45, 2.75) is 109 Å². The van der Waals surface area contributed by atoms with Crippen LogP contribution in [-0.4, -0.2) is 70.7 Å². The van der Waals surface area contributed by atoms with Crippen molar-refractivity contribution in [3.05, 3.63) is 11.6 Å². The van der Waals surface area contributed by atoms with Crippen molar-refractivity contribution in [1.29, 1.82) is 0 Å². The van der Waals surface area contributed by atoms with Gasteiger partial charge in [-0.1, -0.05) is 19.4 Å². The summed E-state index contributed by atoms with van der Waals surface area (Å²) in [5.41, 5.74) is -2.95. The molecule has 0 unspecified atom stereocenters. The van der Waals surface area contributed by atoms with Crippen LogP contribution in [0.15, 0.2) is 11.6 Å². The molecule has 2 aliphatic heterocycles. The van der Waals surface area contributed by atoms with Crippen LogP contribution in [0.3, 0.4) is 0 Å². The van der Waals surface area contributed by atoms with Crippen molar-refractivity contribution in [2.24, 2.45) is 17.3 Å². The van der Waals surface area contributed by atoms with E-state index in [0.29, 0.717) is 12.8 Å². The highest BCUT2D eigenvalue weighted by Crippen LogP contribution is 2.65. The van der Waals surface area contributed by atoms with E-state index in [9.17, 15) is 24.3 Å². The second kappa shape index (κ2) is 8.83. The monoisotopic (exact) mass is 508 g/mol. The normalized spacial score (nSPS) is 47.1. The first-order chi connectivity index (χ1) is 16.7. The molecule has 0 aromatic rings. The van der Waals surface area contributed by atoms with E-state index >= 15 is 0 Å². The van der Waals surface area contributed by atoms with Crippen LogP contribution >= 0.6 is 0 Å². The molecule has 1 N–H and O–H groups in total. The largest absolute Gasteiger partial charge is 0.462 e. The quantitative estimate of drug-likeness (QED) is 0.261. The standard InChI is InChI=1S/C26H36O10/c1-12-8-9-18(32-14(3)27)24(6)19(33-15(4)28)11-17(30)13(2)21(24)22(34-16(5)29)26-20(10-12)35-23(31)25(26,7)36-26/h10,13,17-22,30H,8-9,11H2,1-7H3/b12-10-/t13-,17-,18-,19-,20-,21+,22-,24-,25-,26-/m1/s1. The van der Waals surface area contributed by atoms with Crippen LogP contribution in [0.2, 0.25) is 0 Å². The Morgan fingerprint density at radius 1 is 1.03 bits per heavy atom. The number of hydrogen-bond acceptors (Lipinski definition) is 10. The summed E-state index contributed by atoms with van der Waals surface area (Å²) in [6.07, 6.45) is -1.66. The van der Waals surface area contributed by atoms with Crippen LogP contribution in [0.5, 0.6) is 0 Å². The van der Waals surface area contributed by atoms with Gasteiger partial charge < -0.3 is 28.8 Å². The van der Waals surface area contributed by atoms with Crippen molar-refractivity contribution in [3.8, 4) is 0 Å². The minimum Gasteiger partial charge on any atom is -0.462 e. The number of hydrogen-bond donors (Lipinski definition) is 1. The topological polar surface area (TPSA) is 138 Å². The van der Waals surface area contributed by atoms with Gasteiger partial charge in [0.2, 0.25) is 0 Å². The lowest BCUT2D eigenvalue weighted by atomic mass is 9.53. The number of aliphatic hydroxyl groups is 1. The number of epoxide rings is 1. The Labute approximate surface area is 210 Å². The first-order valence-electron chi connectivity index (χ1n) is 12.5. The van der Waals surface area contributed by atoms with Crippen LogP contribution < -0.4 is 0 Å². The maximum atomic E-state index is 12.9. The van der Waals surface area contributed by atoms with E-state index in [4.69, 9.17) is 23.7 Å². The fraction of sp³-hybridized carbons (Fsp3) is 0.769. The van der Waals surface area contributed by atoms with Gasteiger partial charge in [0.05, 0.1) is 6.10 Å². The molecule has 200 valence electrons. The summed E-state index contributed by atoms with van der Waals surface area (Å²) in [5, 5.41) is 11.1. The zero-order valence-electron chi connectivity index (χ0n) is 21.9. The highest BCUT2D eigenvalue weighted by atomic mass is 16.7. The molecule has 10 heteroatoms. The zero-order chi connectivity index (χ0) is 26.8. The predicted molar refractivity (Wildman–Crippen MR) is 123 cm³/mol. The van der Waals surface area contributed by atoms with Crippen LogP contribution in [0.25, 0.3) is 0 Å². The van der Waals surface area contributed by atoms with E-state index in [-0.39, 0.29) is 6.42 Å². The molecule has 10 atom stereocenters. The first kappa shape index (κ1) is 26.6. The van der Waals surface area contributed by atoms with Gasteiger partial charge in [-0.2, -0.15) is 0 Å². The summed E-state index contributed by atoms with van der Waals surface area (Å²) in [6.45, 7) is 11.0. The minimum atomic E-state index is -1.37. The van der Waals surface area contributed by atoms with E-state index in [1.165, 1.54) is 20.8 Å². The third kappa shape index (κ3) is 3.84. The molecule has 36 heavy (non-hydrogen) atoms. The summed E-state index contributed by atoms with van der Waals surface area (Å²) in [5.74, 6) is -3.47. The van der Waals surface area contributed by atoms with E-state index in [1.54, 1.807) is 13.0 Å². The number of carbonyl (C=O) groups excluding carboxylic acids is 4. The van der Waals surface area contributed by atoms with E-state index in [2.05, 4.69) is 0 Å². The lowest BCUT2D eigenvalue weighted by molar-refractivity contribution is -0.231. The lowest BCUT2D eigenvalue weighted by Crippen LogP contribution is -2.66. The van der Waals surface area contributed by atoms with Crippen LogP contribution in [-0.2, 0) is 42.9 Å². The molecule has 2 saturated heterocycles. The smallest absolute Gasteiger partial charge is 0.342 e. The fourth-order valence-corrected chi connectivity index (χ4v) is 6.92. The average Bonchev–Trinajstić information content (AvgIpc) is 3.34. The molecule has 0 bridgehead atoms. The summed E-state index contributed by atoms with van der Waals surface area (Å²) < 4.78 is 29.5. The number of fused-ring (bicyclic) bond motifs is 1. The van der Waals surface area contributed by atoms with Crippen molar-refractivity contribution < 1.29 is 48.0 Å². The molecule has 2 heterocycles. The summed E-state index contributed by atoms with van der Waals surface area (Å²) in [6, 6.07) is 0. The number of aliphatic hydroxyl groups excluding tert-OH is 1. The third-order valence-corrected chi connectivity index (χ3v) is 8.75. The fourth-order valence-electron chi connectivity index (χ4n) is 6.92. The third-order valence-electron chi connectivity index (χ3n) is 8.75. The van der Waals surface area contributed by atoms with Crippen molar-refractivity contribution in [2.75, 3.05) is 0 Å². The molecule has 4 rings (SSSR count). The van der Waals surface area contributed by atoms with Crippen molar-refractivity contribution in [1.82, 2.24) is 0 Å². The van der Waals surface area contributed by atoms with Crippen LogP contribution in [0.4, 0.5) is 0 Å². The Morgan fingerprint density at radius 2 is 1.61 bits per heavy atom. The molecule has 0 amide bonds. The van der Waals surface area contributed by atoms with Crippen LogP contribution in [0.1, 0.15) is 67.7 Å². The maximum absolute atomic E-state index is 12.9.